The van der Waals surface area contributed by atoms with Crippen molar-refractivity contribution in [1.29, 1.82) is 0 Å². The van der Waals surface area contributed by atoms with Crippen LogP contribution in [0.25, 0.3) is 0 Å². The third kappa shape index (κ3) is 3.82. The largest absolute Gasteiger partial charge is 0.491 e. The molecule has 4 nitrogen and oxygen atoms in total. The van der Waals surface area contributed by atoms with E-state index < -0.39 is 5.60 Å². The minimum atomic E-state index is -0.862. The summed E-state index contributed by atoms with van der Waals surface area (Å²) in [6.07, 6.45) is 0.664. The molecular weight excluding hydrogens is 303 g/mol. The maximum absolute atomic E-state index is 12.8. The highest BCUT2D eigenvalue weighted by atomic mass is 32.1. The topological polar surface area (TPSA) is 45.6 Å². The van der Waals surface area contributed by atoms with Crippen LogP contribution >= 0.6 is 11.3 Å². The number of ether oxygens (including phenoxy) is 1. The van der Waals surface area contributed by atoms with Gasteiger partial charge in [0.05, 0.1) is 10.7 Å². The number of halogens is 1. The molecule has 118 valence electrons. The minimum absolute atomic E-state index is 0.214. The summed E-state index contributed by atoms with van der Waals surface area (Å²) < 4.78 is 18.4. The van der Waals surface area contributed by atoms with E-state index in [9.17, 15) is 9.50 Å². The number of aryl methyl sites for hydroxylation is 1. The SMILES string of the molecule is Cc1nc(CN2CCC(O)(COc3ccc(F)cc3)C2)cs1. The zero-order valence-corrected chi connectivity index (χ0v) is 13.3. The van der Waals surface area contributed by atoms with Gasteiger partial charge in [-0.3, -0.25) is 4.90 Å². The lowest BCUT2D eigenvalue weighted by atomic mass is 10.1. The summed E-state index contributed by atoms with van der Waals surface area (Å²) in [6, 6.07) is 5.85. The van der Waals surface area contributed by atoms with Gasteiger partial charge in [-0.2, -0.15) is 0 Å². The first kappa shape index (κ1) is 15.4. The lowest BCUT2D eigenvalue weighted by Gasteiger charge is -2.23. The third-order valence-corrected chi connectivity index (χ3v) is 4.61. The summed E-state index contributed by atoms with van der Waals surface area (Å²) in [5, 5.41) is 13.7. The first-order chi connectivity index (χ1) is 10.5. The lowest BCUT2D eigenvalue weighted by Crippen LogP contribution is -2.39. The maximum atomic E-state index is 12.8. The average molecular weight is 322 g/mol. The standard InChI is InChI=1S/C16H19FN2O2S/c1-12-18-14(9-22-12)8-19-7-6-16(20,10-19)11-21-15-4-2-13(17)3-5-15/h2-5,9,20H,6-8,10-11H2,1H3. The summed E-state index contributed by atoms with van der Waals surface area (Å²) >= 11 is 1.64. The van der Waals surface area contributed by atoms with Gasteiger partial charge < -0.3 is 9.84 Å². The predicted molar refractivity (Wildman–Crippen MR) is 83.6 cm³/mol. The fourth-order valence-corrected chi connectivity index (χ4v) is 3.26. The van der Waals surface area contributed by atoms with E-state index in [0.29, 0.717) is 18.7 Å². The van der Waals surface area contributed by atoms with E-state index >= 15 is 0 Å². The van der Waals surface area contributed by atoms with Crippen molar-refractivity contribution in [3.05, 3.63) is 46.2 Å². The summed E-state index contributed by atoms with van der Waals surface area (Å²) in [7, 11) is 0. The van der Waals surface area contributed by atoms with E-state index in [1.54, 1.807) is 23.5 Å². The van der Waals surface area contributed by atoms with Crippen LogP contribution in [-0.4, -0.2) is 40.3 Å². The zero-order chi connectivity index (χ0) is 15.6. The number of likely N-dealkylation sites (tertiary alicyclic amines) is 1. The molecule has 1 atom stereocenters. The summed E-state index contributed by atoms with van der Waals surface area (Å²) in [5.41, 5.74) is 0.186. The average Bonchev–Trinajstić information content (AvgIpc) is 3.06. The van der Waals surface area contributed by atoms with Gasteiger partial charge in [0.2, 0.25) is 0 Å². The Morgan fingerprint density at radius 1 is 1.41 bits per heavy atom. The molecule has 1 aromatic heterocycles. The number of hydrogen-bond acceptors (Lipinski definition) is 5. The van der Waals surface area contributed by atoms with E-state index in [-0.39, 0.29) is 12.4 Å². The van der Waals surface area contributed by atoms with Gasteiger partial charge in [0.1, 0.15) is 23.8 Å². The number of rotatable bonds is 5. The number of hydrogen-bond donors (Lipinski definition) is 1. The van der Waals surface area contributed by atoms with Crippen molar-refractivity contribution in [2.75, 3.05) is 19.7 Å². The number of nitrogens with zero attached hydrogens (tertiary/aromatic N) is 2. The van der Waals surface area contributed by atoms with Crippen LogP contribution in [0.2, 0.25) is 0 Å². The summed E-state index contributed by atoms with van der Waals surface area (Å²) in [6.45, 7) is 4.34. The fourth-order valence-electron chi connectivity index (χ4n) is 2.65. The van der Waals surface area contributed by atoms with Gasteiger partial charge in [-0.25, -0.2) is 9.37 Å². The highest BCUT2D eigenvalue weighted by molar-refractivity contribution is 7.09. The van der Waals surface area contributed by atoms with Gasteiger partial charge in [-0.05, 0) is 37.6 Å². The van der Waals surface area contributed by atoms with Crippen LogP contribution in [0.15, 0.2) is 29.6 Å². The molecule has 0 amide bonds. The highest BCUT2D eigenvalue weighted by Gasteiger charge is 2.37. The Morgan fingerprint density at radius 3 is 2.86 bits per heavy atom. The molecule has 2 aromatic rings. The second-order valence-corrected chi connectivity index (χ2v) is 6.85. The van der Waals surface area contributed by atoms with Crippen molar-refractivity contribution in [2.24, 2.45) is 0 Å². The molecule has 22 heavy (non-hydrogen) atoms. The Hall–Kier alpha value is -1.50. The van der Waals surface area contributed by atoms with Gasteiger partial charge in [0, 0.05) is 25.0 Å². The normalized spacial score (nSPS) is 22.1. The molecule has 1 fully saturated rings. The van der Waals surface area contributed by atoms with Crippen molar-refractivity contribution >= 4 is 11.3 Å². The van der Waals surface area contributed by atoms with E-state index in [1.807, 2.05) is 6.92 Å². The van der Waals surface area contributed by atoms with Crippen LogP contribution in [0, 0.1) is 12.7 Å². The minimum Gasteiger partial charge on any atom is -0.491 e. The van der Waals surface area contributed by atoms with Gasteiger partial charge in [0.25, 0.3) is 0 Å². The fraction of sp³-hybridized carbons (Fsp3) is 0.438. The molecule has 0 bridgehead atoms. The Labute approximate surface area is 133 Å². The second-order valence-electron chi connectivity index (χ2n) is 5.79. The number of benzene rings is 1. The van der Waals surface area contributed by atoms with Crippen molar-refractivity contribution in [2.45, 2.75) is 25.5 Å². The molecule has 3 rings (SSSR count). The molecule has 1 unspecified atom stereocenters. The smallest absolute Gasteiger partial charge is 0.123 e. The van der Waals surface area contributed by atoms with Crippen molar-refractivity contribution in [3.8, 4) is 5.75 Å². The van der Waals surface area contributed by atoms with Gasteiger partial charge in [-0.1, -0.05) is 0 Å². The highest BCUT2D eigenvalue weighted by Crippen LogP contribution is 2.24. The Balaban J connectivity index is 1.52. The van der Waals surface area contributed by atoms with Gasteiger partial charge in [0.15, 0.2) is 0 Å². The van der Waals surface area contributed by atoms with Gasteiger partial charge in [-0.15, -0.1) is 11.3 Å². The third-order valence-electron chi connectivity index (χ3n) is 3.78. The zero-order valence-electron chi connectivity index (χ0n) is 12.5. The molecule has 0 saturated carbocycles. The molecule has 1 saturated heterocycles. The number of β-amino-alcohol motifs (C(OH)–C–C–N with tert-alkyl or cyclic N) is 1. The molecular formula is C16H19FN2O2S. The van der Waals surface area contributed by atoms with Crippen LogP contribution in [0.4, 0.5) is 4.39 Å². The maximum Gasteiger partial charge on any atom is 0.123 e. The quantitative estimate of drug-likeness (QED) is 0.919. The molecule has 1 aliphatic rings. The second kappa shape index (κ2) is 6.32. The monoisotopic (exact) mass is 322 g/mol. The Morgan fingerprint density at radius 2 is 2.18 bits per heavy atom. The van der Waals surface area contributed by atoms with Crippen LogP contribution in [0.1, 0.15) is 17.1 Å². The van der Waals surface area contributed by atoms with E-state index in [4.69, 9.17) is 4.74 Å². The first-order valence-corrected chi connectivity index (χ1v) is 8.15. The Bertz CT molecular complexity index is 631. The number of thiazole rings is 1. The number of aromatic nitrogens is 1. The first-order valence-electron chi connectivity index (χ1n) is 7.27. The molecule has 1 aromatic carbocycles. The van der Waals surface area contributed by atoms with Crippen LogP contribution in [0.3, 0.4) is 0 Å². The summed E-state index contributed by atoms with van der Waals surface area (Å²) in [5.74, 6) is 0.278. The molecule has 2 heterocycles. The van der Waals surface area contributed by atoms with Crippen molar-refractivity contribution in [1.82, 2.24) is 9.88 Å². The van der Waals surface area contributed by atoms with Gasteiger partial charge >= 0.3 is 0 Å². The predicted octanol–water partition coefficient (Wildman–Crippen LogP) is 2.61. The van der Waals surface area contributed by atoms with Crippen LogP contribution in [-0.2, 0) is 6.54 Å². The molecule has 6 heteroatoms. The lowest BCUT2D eigenvalue weighted by molar-refractivity contribution is 0.00330. The van der Waals surface area contributed by atoms with Crippen LogP contribution in [0.5, 0.6) is 5.75 Å². The Kier molecular flexibility index (Phi) is 4.42. The van der Waals surface area contributed by atoms with Crippen molar-refractivity contribution < 1.29 is 14.2 Å². The molecule has 1 aliphatic heterocycles. The van der Waals surface area contributed by atoms with Crippen LogP contribution < -0.4 is 4.74 Å². The van der Waals surface area contributed by atoms with Crippen molar-refractivity contribution in [3.63, 3.8) is 0 Å². The van der Waals surface area contributed by atoms with E-state index in [2.05, 4.69) is 15.3 Å². The molecule has 0 aliphatic carbocycles. The molecule has 0 spiro atoms. The molecule has 0 radical (unpaired) electrons. The number of aliphatic hydroxyl groups is 1. The van der Waals surface area contributed by atoms with E-state index in [1.165, 1.54) is 12.1 Å². The summed E-state index contributed by atoms with van der Waals surface area (Å²) in [4.78, 5) is 6.64. The molecule has 1 N–H and O–H groups in total. The van der Waals surface area contributed by atoms with E-state index in [0.717, 1.165) is 23.8 Å².